The van der Waals surface area contributed by atoms with Gasteiger partial charge in [-0.25, -0.2) is 14.4 Å². The highest BCUT2D eigenvalue weighted by Gasteiger charge is 2.22. The summed E-state index contributed by atoms with van der Waals surface area (Å²) in [5.74, 6) is 1.12. The Morgan fingerprint density at radius 3 is 2.50 bits per heavy atom. The molecule has 0 bridgehead atoms. The molecule has 0 aliphatic carbocycles. The van der Waals surface area contributed by atoms with Gasteiger partial charge in [-0.15, -0.1) is 0 Å². The predicted octanol–water partition coefficient (Wildman–Crippen LogP) is 4.20. The van der Waals surface area contributed by atoms with Gasteiger partial charge in [0.25, 0.3) is 0 Å². The van der Waals surface area contributed by atoms with Crippen LogP contribution in [0.5, 0.6) is 5.75 Å². The summed E-state index contributed by atoms with van der Waals surface area (Å²) in [6, 6.07) is 16.7. The van der Waals surface area contributed by atoms with Crippen molar-refractivity contribution in [2.75, 3.05) is 18.9 Å². The van der Waals surface area contributed by atoms with Crippen LogP contribution in [-0.2, 0) is 5.75 Å². The van der Waals surface area contributed by atoms with E-state index in [1.807, 2.05) is 6.07 Å². The van der Waals surface area contributed by atoms with E-state index in [1.54, 1.807) is 43.3 Å². The van der Waals surface area contributed by atoms with Crippen molar-refractivity contribution >= 4 is 17.6 Å². The fourth-order valence-electron chi connectivity index (χ4n) is 3.60. The highest BCUT2D eigenvalue weighted by atomic mass is 32.2. The molecule has 0 radical (unpaired) electrons. The van der Waals surface area contributed by atoms with E-state index < -0.39 is 18.5 Å². The number of nitrogens with zero attached hydrogens (tertiary/aromatic N) is 4. The first-order valence-corrected chi connectivity index (χ1v) is 12.3. The van der Waals surface area contributed by atoms with Gasteiger partial charge < -0.3 is 25.1 Å². The molecule has 38 heavy (non-hydrogen) atoms. The van der Waals surface area contributed by atoms with Gasteiger partial charge in [0, 0.05) is 16.9 Å². The van der Waals surface area contributed by atoms with E-state index in [9.17, 15) is 20.0 Å². The number of oxazole rings is 1. The Labute approximate surface area is 222 Å². The summed E-state index contributed by atoms with van der Waals surface area (Å²) in [6.07, 6.45) is -1.01. The first-order chi connectivity index (χ1) is 18.3. The molecule has 0 aliphatic rings. The number of thioether (sulfide) groups is 1. The van der Waals surface area contributed by atoms with Crippen LogP contribution in [-0.4, -0.2) is 39.5 Å². The molecule has 0 unspecified atom stereocenters. The second-order valence-electron chi connectivity index (χ2n) is 8.14. The minimum absolute atomic E-state index is 0.0206. The second kappa shape index (κ2) is 11.8. The Morgan fingerprint density at radius 2 is 1.84 bits per heavy atom. The molecular formula is C27H22FN5O4S. The molecule has 11 heteroatoms. The predicted molar refractivity (Wildman–Crippen MR) is 138 cm³/mol. The topological polar surface area (TPSA) is 162 Å². The Hall–Kier alpha value is -4.42. The third kappa shape index (κ3) is 5.76. The van der Waals surface area contributed by atoms with Crippen molar-refractivity contribution in [2.24, 2.45) is 0 Å². The molecule has 0 saturated carbocycles. The normalized spacial score (nSPS) is 11.5. The van der Waals surface area contributed by atoms with Crippen molar-refractivity contribution in [1.29, 1.82) is 10.5 Å². The molecule has 192 valence electrons. The van der Waals surface area contributed by atoms with E-state index >= 15 is 0 Å². The molecule has 0 fully saturated rings. The average Bonchev–Trinajstić information content (AvgIpc) is 3.30. The average molecular weight is 532 g/mol. The van der Waals surface area contributed by atoms with Crippen LogP contribution in [0.25, 0.3) is 22.6 Å². The number of hydrogen-bond donors (Lipinski definition) is 3. The van der Waals surface area contributed by atoms with E-state index in [2.05, 4.69) is 16.0 Å². The number of hydrogen-bond acceptors (Lipinski definition) is 10. The zero-order valence-electron chi connectivity index (χ0n) is 20.2. The van der Waals surface area contributed by atoms with E-state index in [1.165, 1.54) is 23.9 Å². The summed E-state index contributed by atoms with van der Waals surface area (Å²) in [5, 5.41) is 38.5. The lowest BCUT2D eigenvalue weighted by Gasteiger charge is -2.14. The number of rotatable bonds is 9. The van der Waals surface area contributed by atoms with Crippen LogP contribution in [0.4, 0.5) is 10.2 Å². The zero-order valence-corrected chi connectivity index (χ0v) is 21.0. The summed E-state index contributed by atoms with van der Waals surface area (Å²) in [6.45, 7) is 1.23. The molecular weight excluding hydrogens is 509 g/mol. The number of ether oxygens (including phenoxy) is 1. The molecule has 2 aromatic carbocycles. The lowest BCUT2D eigenvalue weighted by Crippen LogP contribution is -2.21. The molecule has 2 aromatic heterocycles. The number of nitriles is 2. The maximum atomic E-state index is 13.6. The van der Waals surface area contributed by atoms with Crippen LogP contribution in [0, 0.1) is 35.4 Å². The van der Waals surface area contributed by atoms with Crippen molar-refractivity contribution in [3.63, 3.8) is 0 Å². The third-order valence-electron chi connectivity index (χ3n) is 5.52. The number of aliphatic hydroxyl groups is 2. The fourth-order valence-corrected chi connectivity index (χ4v) is 4.59. The van der Waals surface area contributed by atoms with E-state index in [0.717, 1.165) is 0 Å². The number of aryl methyl sites for hydroxylation is 1. The first-order valence-electron chi connectivity index (χ1n) is 11.4. The lowest BCUT2D eigenvalue weighted by molar-refractivity contribution is 0.0536. The van der Waals surface area contributed by atoms with Gasteiger partial charge in [-0.1, -0.05) is 30.0 Å². The van der Waals surface area contributed by atoms with Crippen LogP contribution in [0.15, 0.2) is 58.0 Å². The van der Waals surface area contributed by atoms with Crippen molar-refractivity contribution in [3.8, 4) is 40.5 Å². The Morgan fingerprint density at radius 1 is 1.11 bits per heavy atom. The van der Waals surface area contributed by atoms with E-state index in [4.69, 9.17) is 20.0 Å². The van der Waals surface area contributed by atoms with Crippen molar-refractivity contribution < 1.29 is 23.8 Å². The zero-order chi connectivity index (χ0) is 27.2. The van der Waals surface area contributed by atoms with Gasteiger partial charge in [-0.05, 0) is 42.8 Å². The maximum Gasteiger partial charge on any atom is 0.226 e. The number of benzene rings is 2. The summed E-state index contributed by atoms with van der Waals surface area (Å²) >= 11 is 1.21. The molecule has 0 aliphatic heterocycles. The summed E-state index contributed by atoms with van der Waals surface area (Å²) < 4.78 is 24.8. The Balaban J connectivity index is 1.63. The lowest BCUT2D eigenvalue weighted by atomic mass is 9.97. The van der Waals surface area contributed by atoms with Gasteiger partial charge in [0.05, 0.1) is 17.9 Å². The number of pyridine rings is 1. The van der Waals surface area contributed by atoms with E-state index in [0.29, 0.717) is 38.9 Å². The molecule has 0 saturated heterocycles. The molecule has 0 spiro atoms. The monoisotopic (exact) mass is 531 g/mol. The van der Waals surface area contributed by atoms with Gasteiger partial charge in [0.1, 0.15) is 58.6 Å². The van der Waals surface area contributed by atoms with Gasteiger partial charge in [0.2, 0.25) is 5.89 Å². The van der Waals surface area contributed by atoms with Gasteiger partial charge >= 0.3 is 0 Å². The summed E-state index contributed by atoms with van der Waals surface area (Å²) in [5.41, 5.74) is 8.34. The van der Waals surface area contributed by atoms with Gasteiger partial charge in [-0.2, -0.15) is 10.5 Å². The smallest absolute Gasteiger partial charge is 0.226 e. The van der Waals surface area contributed by atoms with Crippen LogP contribution >= 0.6 is 11.8 Å². The molecule has 1 atom stereocenters. The minimum atomic E-state index is -1.01. The summed E-state index contributed by atoms with van der Waals surface area (Å²) in [7, 11) is 0. The third-order valence-corrected chi connectivity index (χ3v) is 6.51. The maximum absolute atomic E-state index is 13.6. The van der Waals surface area contributed by atoms with E-state index in [-0.39, 0.29) is 35.2 Å². The molecule has 9 nitrogen and oxygen atoms in total. The Bertz CT molecular complexity index is 1540. The number of nitrogens with two attached hydrogens (primary N) is 1. The number of nitrogen functional groups attached to an aromatic ring is 1. The van der Waals surface area contributed by atoms with Crippen LogP contribution in [0.2, 0.25) is 0 Å². The first kappa shape index (κ1) is 26.6. The highest BCUT2D eigenvalue weighted by molar-refractivity contribution is 7.98. The quantitative estimate of drug-likeness (QED) is 0.267. The molecule has 4 N–H and O–H groups in total. The van der Waals surface area contributed by atoms with Crippen LogP contribution in [0.3, 0.4) is 0 Å². The molecule has 0 amide bonds. The number of aliphatic hydroxyl groups excluding tert-OH is 2. The van der Waals surface area contributed by atoms with Gasteiger partial charge in [0.15, 0.2) is 0 Å². The molecule has 2 heterocycles. The number of anilines is 1. The van der Waals surface area contributed by atoms with Crippen molar-refractivity contribution in [1.82, 2.24) is 9.97 Å². The standard InChI is InChI=1S/C27H22FN5O4S/c1-15-23(32-26(37-15)17-3-2-4-18(28)9-17)14-38-27-22(11-30)24(21(10-29)25(31)33-27)16-5-7-20(8-6-16)36-13-19(35)12-34/h2-9,19,34-35H,12-14H2,1H3,(H2,31,33)/t19-/m1/s1. The second-order valence-corrected chi connectivity index (χ2v) is 9.11. The van der Waals surface area contributed by atoms with Crippen LogP contribution in [0.1, 0.15) is 22.6 Å². The summed E-state index contributed by atoms with van der Waals surface area (Å²) in [4.78, 5) is 8.79. The Kier molecular flexibility index (Phi) is 8.24. The number of halogens is 1. The highest BCUT2D eigenvalue weighted by Crippen LogP contribution is 2.37. The SMILES string of the molecule is Cc1oc(-c2cccc(F)c2)nc1CSc1nc(N)c(C#N)c(-c2ccc(OC[C@H](O)CO)cc2)c1C#N. The molecule has 4 rings (SSSR count). The fraction of sp³-hybridized carbons (Fsp3) is 0.185. The van der Waals surface area contributed by atoms with Crippen LogP contribution < -0.4 is 10.5 Å². The van der Waals surface area contributed by atoms with Crippen molar-refractivity contribution in [3.05, 3.63) is 76.9 Å². The van der Waals surface area contributed by atoms with Gasteiger partial charge in [-0.3, -0.25) is 0 Å². The van der Waals surface area contributed by atoms with Crippen molar-refractivity contribution in [2.45, 2.75) is 23.8 Å². The largest absolute Gasteiger partial charge is 0.491 e. The molecule has 4 aromatic rings. The number of aromatic nitrogens is 2. The minimum Gasteiger partial charge on any atom is -0.491 e.